The fraction of sp³-hybridized carbons (Fsp3) is 0.533. The van der Waals surface area contributed by atoms with Crippen LogP contribution in [0.5, 0.6) is 0 Å². The van der Waals surface area contributed by atoms with Crippen LogP contribution in [-0.4, -0.2) is 32.2 Å². The summed E-state index contributed by atoms with van der Waals surface area (Å²) in [6.45, 7) is 3.60. The normalized spacial score (nSPS) is 15.5. The first-order valence-corrected chi connectivity index (χ1v) is 7.54. The fourth-order valence-electron chi connectivity index (χ4n) is 2.84. The van der Waals surface area contributed by atoms with Gasteiger partial charge in [-0.2, -0.15) is 5.10 Å². The van der Waals surface area contributed by atoms with E-state index in [9.17, 15) is 4.79 Å². The Bertz CT molecular complexity index is 602. The minimum atomic E-state index is -0.0631. The quantitative estimate of drug-likeness (QED) is 0.876. The summed E-state index contributed by atoms with van der Waals surface area (Å²) < 4.78 is 2.02. The second-order valence-corrected chi connectivity index (χ2v) is 5.81. The third-order valence-corrected chi connectivity index (χ3v) is 3.96. The molecule has 2 aromatic rings. The minimum Gasteiger partial charge on any atom is -0.350 e. The molecule has 6 nitrogen and oxygen atoms in total. The SMILES string of the molecule is C[C@@H](CNC(=O)c1n[nH]c2c1CCCC2)Cn1ccnc1. The van der Waals surface area contributed by atoms with Crippen LogP contribution in [0, 0.1) is 5.92 Å². The van der Waals surface area contributed by atoms with Crippen molar-refractivity contribution in [2.45, 2.75) is 39.2 Å². The first-order chi connectivity index (χ1) is 10.2. The fourth-order valence-corrected chi connectivity index (χ4v) is 2.84. The van der Waals surface area contributed by atoms with Crippen molar-refractivity contribution in [1.29, 1.82) is 0 Å². The van der Waals surface area contributed by atoms with Gasteiger partial charge in [-0.25, -0.2) is 4.98 Å². The monoisotopic (exact) mass is 287 g/mol. The lowest BCUT2D eigenvalue weighted by Gasteiger charge is -2.14. The number of hydrogen-bond donors (Lipinski definition) is 2. The summed E-state index contributed by atoms with van der Waals surface area (Å²) in [6, 6.07) is 0. The summed E-state index contributed by atoms with van der Waals surface area (Å²) in [5.74, 6) is 0.282. The number of aryl methyl sites for hydroxylation is 1. The van der Waals surface area contributed by atoms with Gasteiger partial charge in [-0.1, -0.05) is 6.92 Å². The van der Waals surface area contributed by atoms with E-state index in [1.807, 2.05) is 10.8 Å². The van der Waals surface area contributed by atoms with E-state index in [0.717, 1.165) is 37.1 Å². The number of fused-ring (bicyclic) bond motifs is 1. The molecule has 0 radical (unpaired) electrons. The molecule has 2 N–H and O–H groups in total. The summed E-state index contributed by atoms with van der Waals surface area (Å²) in [4.78, 5) is 16.3. The summed E-state index contributed by atoms with van der Waals surface area (Å²) in [7, 11) is 0. The maximum atomic E-state index is 12.3. The molecule has 0 aliphatic heterocycles. The van der Waals surface area contributed by atoms with Gasteiger partial charge in [0.15, 0.2) is 5.69 Å². The minimum absolute atomic E-state index is 0.0631. The second kappa shape index (κ2) is 6.11. The van der Waals surface area contributed by atoms with E-state index >= 15 is 0 Å². The number of aromatic amines is 1. The predicted octanol–water partition coefficient (Wildman–Crippen LogP) is 1.55. The van der Waals surface area contributed by atoms with E-state index < -0.39 is 0 Å². The Labute approximate surface area is 124 Å². The topological polar surface area (TPSA) is 75.6 Å². The lowest BCUT2D eigenvalue weighted by Crippen LogP contribution is -2.30. The second-order valence-electron chi connectivity index (χ2n) is 5.81. The molecule has 2 heterocycles. The van der Waals surface area contributed by atoms with Gasteiger partial charge in [0, 0.05) is 36.7 Å². The first-order valence-electron chi connectivity index (χ1n) is 7.54. The zero-order valence-electron chi connectivity index (χ0n) is 12.3. The van der Waals surface area contributed by atoms with Crippen molar-refractivity contribution in [3.05, 3.63) is 35.7 Å². The van der Waals surface area contributed by atoms with Gasteiger partial charge in [-0.15, -0.1) is 0 Å². The zero-order valence-corrected chi connectivity index (χ0v) is 12.3. The summed E-state index contributed by atoms with van der Waals surface area (Å²) in [6.07, 6.45) is 9.78. The molecule has 0 saturated heterocycles. The van der Waals surface area contributed by atoms with Crippen LogP contribution in [0.2, 0.25) is 0 Å². The Morgan fingerprint density at radius 1 is 1.48 bits per heavy atom. The van der Waals surface area contributed by atoms with Crippen LogP contribution in [0.4, 0.5) is 0 Å². The predicted molar refractivity (Wildman–Crippen MR) is 79.0 cm³/mol. The van der Waals surface area contributed by atoms with Crippen molar-refractivity contribution in [3.8, 4) is 0 Å². The van der Waals surface area contributed by atoms with Gasteiger partial charge < -0.3 is 9.88 Å². The van der Waals surface area contributed by atoms with E-state index in [2.05, 4.69) is 27.4 Å². The van der Waals surface area contributed by atoms with E-state index in [0.29, 0.717) is 18.2 Å². The number of imidazole rings is 1. The molecule has 1 amide bonds. The molecule has 2 aromatic heterocycles. The Kier molecular flexibility index (Phi) is 4.03. The maximum absolute atomic E-state index is 12.3. The van der Waals surface area contributed by atoms with Crippen molar-refractivity contribution in [3.63, 3.8) is 0 Å². The van der Waals surface area contributed by atoms with Gasteiger partial charge in [0.25, 0.3) is 5.91 Å². The molecule has 0 aromatic carbocycles. The summed E-state index contributed by atoms with van der Waals surface area (Å²) in [5, 5.41) is 10.2. The number of H-pyrrole nitrogens is 1. The van der Waals surface area contributed by atoms with Crippen LogP contribution in [0.3, 0.4) is 0 Å². The first kappa shape index (κ1) is 13.9. The van der Waals surface area contributed by atoms with Gasteiger partial charge in [0.05, 0.1) is 6.33 Å². The molecule has 0 saturated carbocycles. The van der Waals surface area contributed by atoms with E-state index in [4.69, 9.17) is 0 Å². The van der Waals surface area contributed by atoms with Crippen LogP contribution in [0.1, 0.15) is 41.5 Å². The highest BCUT2D eigenvalue weighted by molar-refractivity contribution is 5.94. The molecule has 6 heteroatoms. The van der Waals surface area contributed by atoms with Crippen molar-refractivity contribution in [2.75, 3.05) is 6.54 Å². The molecule has 3 rings (SSSR count). The summed E-state index contributed by atoms with van der Waals surface area (Å²) in [5.41, 5.74) is 2.83. The van der Waals surface area contributed by atoms with E-state index in [1.54, 1.807) is 12.5 Å². The molecule has 1 atom stereocenters. The largest absolute Gasteiger partial charge is 0.350 e. The molecule has 0 spiro atoms. The van der Waals surface area contributed by atoms with Gasteiger partial charge >= 0.3 is 0 Å². The molecule has 0 fully saturated rings. The number of nitrogens with zero attached hydrogens (tertiary/aromatic N) is 3. The van der Waals surface area contributed by atoms with Crippen LogP contribution in [0.15, 0.2) is 18.7 Å². The Balaban J connectivity index is 1.55. The van der Waals surface area contributed by atoms with Gasteiger partial charge in [-0.05, 0) is 31.6 Å². The lowest BCUT2D eigenvalue weighted by molar-refractivity contribution is 0.0940. The summed E-state index contributed by atoms with van der Waals surface area (Å²) >= 11 is 0. The highest BCUT2D eigenvalue weighted by Gasteiger charge is 2.21. The number of carbonyl (C=O) groups is 1. The Hall–Kier alpha value is -2.11. The number of carbonyl (C=O) groups excluding carboxylic acids is 1. The maximum Gasteiger partial charge on any atom is 0.272 e. The van der Waals surface area contributed by atoms with Crippen LogP contribution in [0.25, 0.3) is 0 Å². The lowest BCUT2D eigenvalue weighted by atomic mass is 9.96. The van der Waals surface area contributed by atoms with Gasteiger partial charge in [0.2, 0.25) is 0 Å². The molecule has 0 unspecified atom stereocenters. The Morgan fingerprint density at radius 2 is 2.33 bits per heavy atom. The van der Waals surface area contributed by atoms with E-state index in [-0.39, 0.29) is 5.91 Å². The average molecular weight is 287 g/mol. The van der Waals surface area contributed by atoms with Crippen LogP contribution < -0.4 is 5.32 Å². The molecule has 1 aliphatic carbocycles. The van der Waals surface area contributed by atoms with E-state index in [1.165, 1.54) is 6.42 Å². The molecule has 1 aliphatic rings. The number of amides is 1. The third kappa shape index (κ3) is 3.15. The molecular formula is C15H21N5O. The average Bonchev–Trinajstić information content (AvgIpc) is 3.13. The number of aromatic nitrogens is 4. The molecular weight excluding hydrogens is 266 g/mol. The molecule has 21 heavy (non-hydrogen) atoms. The van der Waals surface area contributed by atoms with Crippen LogP contribution >= 0.6 is 0 Å². The highest BCUT2D eigenvalue weighted by Crippen LogP contribution is 2.21. The third-order valence-electron chi connectivity index (χ3n) is 3.96. The zero-order chi connectivity index (χ0) is 14.7. The highest BCUT2D eigenvalue weighted by atomic mass is 16.1. The van der Waals surface area contributed by atoms with Gasteiger partial charge in [0.1, 0.15) is 0 Å². The van der Waals surface area contributed by atoms with Crippen molar-refractivity contribution >= 4 is 5.91 Å². The smallest absolute Gasteiger partial charge is 0.272 e. The molecule has 112 valence electrons. The number of rotatable bonds is 5. The number of nitrogens with one attached hydrogen (secondary N) is 2. The standard InChI is InChI=1S/C15H21N5O/c1-11(9-20-7-6-16-10-20)8-17-15(21)14-12-4-2-3-5-13(12)18-19-14/h6-7,10-11H,2-5,8-9H2,1H3,(H,17,21)(H,18,19)/t11-/m0/s1. The van der Waals surface area contributed by atoms with Crippen molar-refractivity contribution in [2.24, 2.45) is 5.92 Å². The molecule has 0 bridgehead atoms. The van der Waals surface area contributed by atoms with Crippen molar-refractivity contribution < 1.29 is 4.79 Å². The number of hydrogen-bond acceptors (Lipinski definition) is 3. The van der Waals surface area contributed by atoms with Gasteiger partial charge in [-0.3, -0.25) is 9.89 Å². The Morgan fingerprint density at radius 3 is 3.14 bits per heavy atom. The van der Waals surface area contributed by atoms with Crippen LogP contribution in [-0.2, 0) is 19.4 Å². The van der Waals surface area contributed by atoms with Crippen molar-refractivity contribution in [1.82, 2.24) is 25.1 Å².